The van der Waals surface area contributed by atoms with Crippen molar-refractivity contribution in [1.82, 2.24) is 13.7 Å². The lowest BCUT2D eigenvalue weighted by Gasteiger charge is -2.12. The number of nitrogens with zero attached hydrogens (tertiary/aromatic N) is 3. The van der Waals surface area contributed by atoms with E-state index >= 15 is 0 Å². The molecule has 5 heterocycles. The van der Waals surface area contributed by atoms with E-state index in [-0.39, 0.29) is 0 Å². The number of para-hydroxylation sites is 2. The Morgan fingerprint density at radius 1 is 0.233 bits per heavy atom. The van der Waals surface area contributed by atoms with Crippen molar-refractivity contribution in [1.29, 1.82) is 0 Å². The molecule has 0 N–H and O–H groups in total. The molecule has 0 bridgehead atoms. The molecule has 12 aromatic carbocycles. The van der Waals surface area contributed by atoms with E-state index in [9.17, 15) is 0 Å². The number of rotatable bonds is 4. The number of hydrogen-bond donors (Lipinski definition) is 0. The fourth-order valence-electron chi connectivity index (χ4n) is 12.8. The quantitative estimate of drug-likeness (QED) is 0.167. The first-order chi connectivity index (χ1) is 36.2. The minimum atomic E-state index is 1.13. The fraction of sp³-hybridized carbons (Fsp3) is 0. The third kappa shape index (κ3) is 5.37. The lowest BCUT2D eigenvalue weighted by atomic mass is 9.99. The minimum absolute atomic E-state index is 1.13. The average molecular weight is 962 g/mol. The van der Waals surface area contributed by atoms with Gasteiger partial charge in [-0.1, -0.05) is 164 Å². The molecule has 0 atom stereocenters. The fourth-order valence-corrected chi connectivity index (χ4v) is 15.3. The smallest absolute Gasteiger partial charge is 0.0726 e. The van der Waals surface area contributed by atoms with Gasteiger partial charge in [0.2, 0.25) is 0 Å². The first kappa shape index (κ1) is 39.7. The van der Waals surface area contributed by atoms with Crippen LogP contribution in [0.1, 0.15) is 0 Å². The van der Waals surface area contributed by atoms with Crippen LogP contribution in [0.25, 0.3) is 155 Å². The van der Waals surface area contributed by atoms with Crippen molar-refractivity contribution in [2.45, 2.75) is 0 Å². The molecule has 17 aromatic rings. The van der Waals surface area contributed by atoms with Crippen LogP contribution in [0.2, 0.25) is 0 Å². The summed E-state index contributed by atoms with van der Waals surface area (Å²) in [5, 5.41) is 18.0. The second-order valence-corrected chi connectivity index (χ2v) is 21.6. The maximum Gasteiger partial charge on any atom is 0.0726 e. The van der Waals surface area contributed by atoms with Gasteiger partial charge < -0.3 is 13.7 Å². The van der Waals surface area contributed by atoms with Gasteiger partial charge >= 0.3 is 0 Å². The van der Waals surface area contributed by atoms with Crippen molar-refractivity contribution in [3.63, 3.8) is 0 Å². The van der Waals surface area contributed by atoms with E-state index in [0.717, 1.165) is 17.1 Å². The Hall–Kier alpha value is -9.00. The molecule has 0 spiro atoms. The van der Waals surface area contributed by atoms with Crippen LogP contribution in [0, 0.1) is 0 Å². The van der Waals surface area contributed by atoms with Crippen molar-refractivity contribution in [2.24, 2.45) is 0 Å². The average Bonchev–Trinajstić information content (AvgIpc) is 4.27. The van der Waals surface area contributed by atoms with Gasteiger partial charge in [0.25, 0.3) is 0 Å². The zero-order chi connectivity index (χ0) is 47.5. The van der Waals surface area contributed by atoms with Crippen LogP contribution >= 0.6 is 22.7 Å². The highest BCUT2D eigenvalue weighted by Gasteiger charge is 2.25. The Morgan fingerprint density at radius 3 is 1.07 bits per heavy atom. The van der Waals surface area contributed by atoms with Gasteiger partial charge in [-0.2, -0.15) is 0 Å². The second kappa shape index (κ2) is 14.8. The molecule has 0 aliphatic carbocycles. The molecule has 0 radical (unpaired) electrons. The summed E-state index contributed by atoms with van der Waals surface area (Å²) in [6.07, 6.45) is 0. The van der Waals surface area contributed by atoms with Crippen LogP contribution in [0.5, 0.6) is 0 Å². The zero-order valence-corrected chi connectivity index (χ0v) is 40.8. The number of thiophene rings is 2. The highest BCUT2D eigenvalue weighted by atomic mass is 32.1. The van der Waals surface area contributed by atoms with E-state index in [4.69, 9.17) is 0 Å². The standard InChI is InChI=1S/C68H39N3S2/c1-2-16-40(17-3-1)41-30-32-42(33-31-41)69-57-36-34-43(70-55-26-12-8-22-49(55)61-45-18-4-6-20-47(45)63-51-24-10-14-28-59(51)72-67(63)65(61)70)38-53(57)54-39-44(35-37-58(54)69)71-56-27-13-9-23-50(56)62-46-19-5-7-21-48(46)64-52-25-11-15-29-60(52)73-68(64)66(62)71/h1-39H. The monoisotopic (exact) mass is 961 g/mol. The summed E-state index contributed by atoms with van der Waals surface area (Å²) >= 11 is 3.83. The van der Waals surface area contributed by atoms with Gasteiger partial charge in [-0.25, -0.2) is 0 Å². The van der Waals surface area contributed by atoms with Crippen LogP contribution < -0.4 is 0 Å². The Bertz CT molecular complexity index is 4910. The molecule has 5 aromatic heterocycles. The molecule has 0 amide bonds. The maximum atomic E-state index is 2.56. The predicted molar refractivity (Wildman–Crippen MR) is 316 cm³/mol. The molecule has 0 aliphatic heterocycles. The third-order valence-corrected chi connectivity index (χ3v) is 18.1. The molecule has 0 unspecified atom stereocenters. The predicted octanol–water partition coefficient (Wildman–Crippen LogP) is 19.7. The SMILES string of the molecule is c1ccc(-c2ccc(-n3c4ccc(-n5c6ccccc6c6c7ccccc7c7c8ccccc8sc7c65)cc4c4cc(-n5c6ccccc6c6c7ccccc7c7c8ccccc8sc7c65)ccc43)cc2)cc1. The normalized spacial score (nSPS) is 12.4. The van der Waals surface area contributed by atoms with Crippen molar-refractivity contribution >= 4 is 150 Å². The first-order valence-electron chi connectivity index (χ1n) is 25.0. The summed E-state index contributed by atoms with van der Waals surface area (Å²) in [4.78, 5) is 0. The summed E-state index contributed by atoms with van der Waals surface area (Å²) in [6.45, 7) is 0. The maximum absolute atomic E-state index is 2.56. The van der Waals surface area contributed by atoms with Gasteiger partial charge in [0, 0.05) is 80.3 Å². The van der Waals surface area contributed by atoms with Gasteiger partial charge in [-0.05, 0) is 105 Å². The molecular weight excluding hydrogens is 923 g/mol. The Labute approximate surface area is 425 Å². The summed E-state index contributed by atoms with van der Waals surface area (Å²) in [5.41, 5.74) is 13.1. The van der Waals surface area contributed by atoms with E-state index in [1.807, 2.05) is 22.7 Å². The topological polar surface area (TPSA) is 14.8 Å². The molecule has 5 heteroatoms. The largest absolute Gasteiger partial charge is 0.309 e. The molecule has 3 nitrogen and oxygen atoms in total. The first-order valence-corrected chi connectivity index (χ1v) is 26.6. The molecule has 0 aliphatic rings. The molecule has 17 rings (SSSR count). The van der Waals surface area contributed by atoms with Crippen LogP contribution in [-0.4, -0.2) is 13.7 Å². The summed E-state index contributed by atoms with van der Waals surface area (Å²) in [7, 11) is 0. The van der Waals surface area contributed by atoms with Gasteiger partial charge in [0.05, 0.1) is 42.5 Å². The van der Waals surface area contributed by atoms with Crippen LogP contribution in [0.4, 0.5) is 0 Å². The number of aromatic nitrogens is 3. The molecule has 0 saturated heterocycles. The molecule has 0 fully saturated rings. The highest BCUT2D eigenvalue weighted by Crippen LogP contribution is 2.50. The Kier molecular flexibility index (Phi) is 8.04. The number of hydrogen-bond acceptors (Lipinski definition) is 2. The van der Waals surface area contributed by atoms with Crippen LogP contribution in [-0.2, 0) is 0 Å². The van der Waals surface area contributed by atoms with Crippen LogP contribution in [0.15, 0.2) is 237 Å². The van der Waals surface area contributed by atoms with Gasteiger partial charge in [-0.15, -0.1) is 22.7 Å². The molecule has 338 valence electrons. The van der Waals surface area contributed by atoms with Gasteiger partial charge in [0.15, 0.2) is 0 Å². The summed E-state index contributed by atoms with van der Waals surface area (Å²) < 4.78 is 12.9. The Balaban J connectivity index is 0.993. The number of benzene rings is 12. The van der Waals surface area contributed by atoms with Gasteiger partial charge in [0.1, 0.15) is 0 Å². The van der Waals surface area contributed by atoms with E-state index in [1.54, 1.807) is 0 Å². The van der Waals surface area contributed by atoms with Gasteiger partial charge in [-0.3, -0.25) is 0 Å². The van der Waals surface area contributed by atoms with Crippen molar-refractivity contribution in [2.75, 3.05) is 0 Å². The number of fused-ring (bicyclic) bond motifs is 23. The lowest BCUT2D eigenvalue weighted by Crippen LogP contribution is -1.96. The molecular formula is C68H39N3S2. The molecule has 0 saturated carbocycles. The van der Waals surface area contributed by atoms with Crippen molar-refractivity contribution < 1.29 is 0 Å². The Morgan fingerprint density at radius 2 is 0.589 bits per heavy atom. The highest BCUT2D eigenvalue weighted by molar-refractivity contribution is 7.27. The van der Waals surface area contributed by atoms with E-state index in [0.29, 0.717) is 0 Å². The minimum Gasteiger partial charge on any atom is -0.309 e. The third-order valence-electron chi connectivity index (χ3n) is 15.8. The second-order valence-electron chi connectivity index (χ2n) is 19.5. The zero-order valence-electron chi connectivity index (χ0n) is 39.2. The molecule has 73 heavy (non-hydrogen) atoms. The lowest BCUT2D eigenvalue weighted by molar-refractivity contribution is 1.16. The summed E-state index contributed by atoms with van der Waals surface area (Å²) in [6, 6.07) is 88.2. The summed E-state index contributed by atoms with van der Waals surface area (Å²) in [5.74, 6) is 0. The van der Waals surface area contributed by atoms with E-state index in [2.05, 4.69) is 250 Å². The van der Waals surface area contributed by atoms with Crippen molar-refractivity contribution in [3.8, 4) is 28.2 Å². The van der Waals surface area contributed by atoms with E-state index in [1.165, 1.54) is 138 Å². The van der Waals surface area contributed by atoms with Crippen molar-refractivity contribution in [3.05, 3.63) is 237 Å². The van der Waals surface area contributed by atoms with Crippen LogP contribution in [0.3, 0.4) is 0 Å². The van der Waals surface area contributed by atoms with E-state index < -0.39 is 0 Å².